The number of imide groups is 1. The van der Waals surface area contributed by atoms with Crippen molar-refractivity contribution in [2.45, 2.75) is 12.5 Å². The van der Waals surface area contributed by atoms with Gasteiger partial charge in [0.05, 0.1) is 28.9 Å². The summed E-state index contributed by atoms with van der Waals surface area (Å²) in [6.45, 7) is 2.19. The summed E-state index contributed by atoms with van der Waals surface area (Å²) < 4.78 is 27.4. The Labute approximate surface area is 166 Å². The van der Waals surface area contributed by atoms with E-state index in [1.54, 1.807) is 18.2 Å². The predicted molar refractivity (Wildman–Crippen MR) is 102 cm³/mol. The Kier molecular flexibility index (Phi) is 5.03. The van der Waals surface area contributed by atoms with Crippen molar-refractivity contribution in [1.29, 1.82) is 0 Å². The van der Waals surface area contributed by atoms with Crippen LogP contribution < -0.4 is 9.80 Å². The number of nitrogens with zero attached hydrogens (tertiary/aromatic N) is 3. The lowest BCUT2D eigenvalue weighted by Gasteiger charge is -2.38. The van der Waals surface area contributed by atoms with Crippen molar-refractivity contribution < 1.29 is 18.4 Å². The number of hydrogen-bond donors (Lipinski definition) is 0. The van der Waals surface area contributed by atoms with Gasteiger partial charge in [0.25, 0.3) is 5.91 Å². The molecule has 28 heavy (non-hydrogen) atoms. The summed E-state index contributed by atoms with van der Waals surface area (Å²) in [7, 11) is 0. The molecule has 2 aromatic rings. The number of para-hydroxylation sites is 1. The Morgan fingerprint density at radius 3 is 2.32 bits per heavy atom. The second kappa shape index (κ2) is 7.48. The van der Waals surface area contributed by atoms with E-state index in [0.29, 0.717) is 31.9 Å². The summed E-state index contributed by atoms with van der Waals surface area (Å²) in [6, 6.07) is 9.81. The molecule has 2 aromatic carbocycles. The maximum absolute atomic E-state index is 14.0. The van der Waals surface area contributed by atoms with Gasteiger partial charge >= 0.3 is 0 Å². The van der Waals surface area contributed by atoms with Crippen molar-refractivity contribution in [2.24, 2.45) is 0 Å². The van der Waals surface area contributed by atoms with Gasteiger partial charge in [-0.25, -0.2) is 13.7 Å². The number of carbonyl (C=O) groups excluding carboxylic acids is 2. The van der Waals surface area contributed by atoms with E-state index in [4.69, 9.17) is 11.6 Å². The summed E-state index contributed by atoms with van der Waals surface area (Å²) in [4.78, 5) is 30.3. The van der Waals surface area contributed by atoms with Crippen LogP contribution in [0.25, 0.3) is 0 Å². The van der Waals surface area contributed by atoms with Crippen LogP contribution in [0.5, 0.6) is 0 Å². The van der Waals surface area contributed by atoms with Gasteiger partial charge in [-0.15, -0.1) is 0 Å². The van der Waals surface area contributed by atoms with Gasteiger partial charge in [0.15, 0.2) is 0 Å². The van der Waals surface area contributed by atoms with Crippen LogP contribution in [0, 0.1) is 11.6 Å². The Morgan fingerprint density at radius 2 is 1.64 bits per heavy atom. The zero-order chi connectivity index (χ0) is 19.8. The van der Waals surface area contributed by atoms with Gasteiger partial charge in [-0.2, -0.15) is 0 Å². The molecule has 5 nitrogen and oxygen atoms in total. The summed E-state index contributed by atoms with van der Waals surface area (Å²) >= 11 is 5.79. The number of benzene rings is 2. The van der Waals surface area contributed by atoms with Gasteiger partial charge in [0.1, 0.15) is 11.6 Å². The highest BCUT2D eigenvalue weighted by Crippen LogP contribution is 2.30. The van der Waals surface area contributed by atoms with Gasteiger partial charge in [-0.1, -0.05) is 23.7 Å². The van der Waals surface area contributed by atoms with Gasteiger partial charge in [0.2, 0.25) is 5.91 Å². The van der Waals surface area contributed by atoms with E-state index in [9.17, 15) is 18.4 Å². The van der Waals surface area contributed by atoms with Crippen LogP contribution in [0.15, 0.2) is 42.5 Å². The van der Waals surface area contributed by atoms with Crippen LogP contribution >= 0.6 is 11.6 Å². The minimum absolute atomic E-state index is 0.0630. The number of halogens is 3. The summed E-state index contributed by atoms with van der Waals surface area (Å²) in [5.41, 5.74) is 0.812. The van der Waals surface area contributed by atoms with Crippen LogP contribution in [0.4, 0.5) is 20.2 Å². The molecule has 0 spiro atoms. The maximum Gasteiger partial charge on any atom is 0.251 e. The van der Waals surface area contributed by atoms with E-state index in [1.165, 1.54) is 18.2 Å². The highest BCUT2D eigenvalue weighted by molar-refractivity contribution is 6.31. The maximum atomic E-state index is 14.0. The minimum atomic E-state index is -0.606. The second-order valence-corrected chi connectivity index (χ2v) is 7.27. The first-order valence-electron chi connectivity index (χ1n) is 9.01. The van der Waals surface area contributed by atoms with E-state index < -0.39 is 11.9 Å². The van der Waals surface area contributed by atoms with Gasteiger partial charge < -0.3 is 4.90 Å². The number of piperazine rings is 1. The molecular formula is C20H18ClF2N3O2. The molecule has 0 aromatic heterocycles. The monoisotopic (exact) mass is 405 g/mol. The zero-order valence-electron chi connectivity index (χ0n) is 14.9. The molecule has 2 saturated heterocycles. The quantitative estimate of drug-likeness (QED) is 0.736. The molecule has 2 aliphatic heterocycles. The van der Waals surface area contributed by atoms with E-state index in [2.05, 4.69) is 0 Å². The fourth-order valence-corrected chi connectivity index (χ4v) is 3.95. The average molecular weight is 406 g/mol. The summed E-state index contributed by atoms with van der Waals surface area (Å²) in [5.74, 6) is -1.56. The number of hydrogen-bond acceptors (Lipinski definition) is 4. The van der Waals surface area contributed by atoms with Gasteiger partial charge in [-0.05, 0) is 30.3 Å². The molecule has 146 valence electrons. The molecule has 0 N–H and O–H groups in total. The third-order valence-electron chi connectivity index (χ3n) is 5.23. The third kappa shape index (κ3) is 3.36. The molecule has 2 heterocycles. The van der Waals surface area contributed by atoms with Gasteiger partial charge in [-0.3, -0.25) is 14.5 Å². The second-order valence-electron chi connectivity index (χ2n) is 6.86. The number of rotatable bonds is 3. The molecule has 0 radical (unpaired) electrons. The molecule has 0 unspecified atom stereocenters. The van der Waals surface area contributed by atoms with Crippen molar-refractivity contribution in [3.05, 3.63) is 59.1 Å². The van der Waals surface area contributed by atoms with Crippen molar-refractivity contribution in [3.63, 3.8) is 0 Å². The van der Waals surface area contributed by atoms with E-state index in [1.807, 2.05) is 9.80 Å². The van der Waals surface area contributed by atoms with Crippen LogP contribution in [-0.4, -0.2) is 48.9 Å². The van der Waals surface area contributed by atoms with Crippen molar-refractivity contribution >= 4 is 34.8 Å². The standard InChI is InChI=1S/C20H18ClF2N3O2/c21-14-11-13(5-6-15(14)22)26-19(27)12-18(20(26)28)25-9-7-24(8-10-25)17-4-2-1-3-16(17)23/h1-6,11,18H,7-10,12H2/t18-/m0/s1. The third-order valence-corrected chi connectivity index (χ3v) is 5.52. The number of carbonyl (C=O) groups is 2. The van der Waals surface area contributed by atoms with E-state index in [-0.39, 0.29) is 34.8 Å². The first-order valence-corrected chi connectivity index (χ1v) is 9.39. The average Bonchev–Trinajstić information content (AvgIpc) is 2.99. The van der Waals surface area contributed by atoms with Crippen LogP contribution in [0.3, 0.4) is 0 Å². The first-order chi connectivity index (χ1) is 13.5. The molecule has 8 heteroatoms. The summed E-state index contributed by atoms with van der Waals surface area (Å²) in [6.07, 6.45) is 0.0630. The lowest BCUT2D eigenvalue weighted by molar-refractivity contribution is -0.123. The lowest BCUT2D eigenvalue weighted by atomic mass is 10.1. The minimum Gasteiger partial charge on any atom is -0.367 e. The van der Waals surface area contributed by atoms with E-state index in [0.717, 1.165) is 11.0 Å². The van der Waals surface area contributed by atoms with Crippen LogP contribution in [0.1, 0.15) is 6.42 Å². The highest BCUT2D eigenvalue weighted by atomic mass is 35.5. The highest BCUT2D eigenvalue weighted by Gasteiger charge is 2.43. The molecule has 0 bridgehead atoms. The Morgan fingerprint density at radius 1 is 0.929 bits per heavy atom. The Hall–Kier alpha value is -2.51. The summed E-state index contributed by atoms with van der Waals surface area (Å²) in [5, 5.41) is -0.139. The van der Waals surface area contributed by atoms with E-state index >= 15 is 0 Å². The predicted octanol–water partition coefficient (Wildman–Crippen LogP) is 3.07. The molecular weight excluding hydrogens is 388 g/mol. The molecule has 0 saturated carbocycles. The number of amides is 2. The topological polar surface area (TPSA) is 43.9 Å². The van der Waals surface area contributed by atoms with Crippen molar-refractivity contribution in [2.75, 3.05) is 36.0 Å². The Bertz CT molecular complexity index is 931. The first kappa shape index (κ1) is 18.8. The molecule has 0 aliphatic carbocycles. The number of anilines is 2. The smallest absolute Gasteiger partial charge is 0.251 e. The SMILES string of the molecule is O=C1C[C@H](N2CCN(c3ccccc3F)CC2)C(=O)N1c1ccc(F)c(Cl)c1. The molecule has 2 fully saturated rings. The molecule has 2 aliphatic rings. The normalized spacial score (nSPS) is 20.9. The molecule has 1 atom stereocenters. The Balaban J connectivity index is 1.46. The molecule has 2 amide bonds. The zero-order valence-corrected chi connectivity index (χ0v) is 15.7. The fraction of sp³-hybridized carbons (Fsp3) is 0.300. The lowest BCUT2D eigenvalue weighted by Crippen LogP contribution is -2.52. The van der Waals surface area contributed by atoms with Crippen LogP contribution in [-0.2, 0) is 9.59 Å². The van der Waals surface area contributed by atoms with Crippen molar-refractivity contribution in [3.8, 4) is 0 Å². The van der Waals surface area contributed by atoms with Gasteiger partial charge in [0, 0.05) is 26.2 Å². The molecule has 4 rings (SSSR count). The fourth-order valence-electron chi connectivity index (χ4n) is 3.78. The van der Waals surface area contributed by atoms with Crippen LogP contribution in [0.2, 0.25) is 5.02 Å². The largest absolute Gasteiger partial charge is 0.367 e. The van der Waals surface area contributed by atoms with Crippen molar-refractivity contribution in [1.82, 2.24) is 4.90 Å².